The van der Waals surface area contributed by atoms with Crippen molar-refractivity contribution in [1.82, 2.24) is 15.1 Å². The van der Waals surface area contributed by atoms with Crippen LogP contribution in [0.15, 0.2) is 30.3 Å². The van der Waals surface area contributed by atoms with Crippen LogP contribution in [0.4, 0.5) is 0 Å². The largest absolute Gasteiger partial charge is 0.350 e. The van der Waals surface area contributed by atoms with E-state index in [1.165, 1.54) is 0 Å². The van der Waals surface area contributed by atoms with Crippen molar-refractivity contribution < 1.29 is 13.2 Å². The first-order valence-corrected chi connectivity index (χ1v) is 11.0. The van der Waals surface area contributed by atoms with Crippen LogP contribution in [0.5, 0.6) is 0 Å². The van der Waals surface area contributed by atoms with Gasteiger partial charge in [0.25, 0.3) is 5.91 Å². The fraction of sp³-hybridized carbons (Fsp3) is 0.444. The van der Waals surface area contributed by atoms with E-state index < -0.39 is 9.84 Å². The SMILES string of the molecule is O=C(NCC1CC1)c1cc(-c2ccc(Cl)cc2)n([C@H]2CCS(=O)(=O)C2)n1. The minimum Gasteiger partial charge on any atom is -0.350 e. The van der Waals surface area contributed by atoms with Gasteiger partial charge in [0.1, 0.15) is 0 Å². The van der Waals surface area contributed by atoms with Crippen LogP contribution in [0.2, 0.25) is 5.02 Å². The van der Waals surface area contributed by atoms with E-state index in [1.807, 2.05) is 12.1 Å². The molecule has 2 aliphatic rings. The average Bonchev–Trinajstić information content (AvgIpc) is 3.22. The first-order valence-electron chi connectivity index (χ1n) is 8.75. The zero-order valence-electron chi connectivity index (χ0n) is 14.2. The van der Waals surface area contributed by atoms with Crippen LogP contribution in [-0.4, -0.2) is 42.2 Å². The number of aromatic nitrogens is 2. The number of rotatable bonds is 5. The number of nitrogens with zero attached hydrogens (tertiary/aromatic N) is 2. The second kappa shape index (κ2) is 6.70. The Morgan fingerprint density at radius 3 is 2.58 bits per heavy atom. The van der Waals surface area contributed by atoms with Gasteiger partial charge in [-0.2, -0.15) is 5.10 Å². The summed E-state index contributed by atoms with van der Waals surface area (Å²) in [7, 11) is -3.06. The van der Waals surface area contributed by atoms with E-state index >= 15 is 0 Å². The van der Waals surface area contributed by atoms with Crippen molar-refractivity contribution in [2.24, 2.45) is 5.92 Å². The molecular formula is C18H20ClN3O3S. The fourth-order valence-corrected chi connectivity index (χ4v) is 5.06. The number of halogens is 1. The number of hydrogen-bond acceptors (Lipinski definition) is 4. The highest BCUT2D eigenvalue weighted by molar-refractivity contribution is 7.91. The molecule has 1 atom stereocenters. The molecule has 0 unspecified atom stereocenters. The zero-order valence-corrected chi connectivity index (χ0v) is 15.8. The Morgan fingerprint density at radius 1 is 1.23 bits per heavy atom. The molecule has 0 spiro atoms. The lowest BCUT2D eigenvalue weighted by Crippen LogP contribution is -2.26. The summed E-state index contributed by atoms with van der Waals surface area (Å²) in [5, 5.41) is 7.99. The third-order valence-corrected chi connectivity index (χ3v) is 6.91. The maximum atomic E-state index is 12.4. The summed E-state index contributed by atoms with van der Waals surface area (Å²) >= 11 is 5.97. The third-order valence-electron chi connectivity index (χ3n) is 4.91. The van der Waals surface area contributed by atoms with Crippen molar-refractivity contribution in [2.45, 2.75) is 25.3 Å². The molecule has 2 aromatic rings. The van der Waals surface area contributed by atoms with Gasteiger partial charge < -0.3 is 5.32 Å². The molecule has 8 heteroatoms. The molecule has 1 saturated carbocycles. The third kappa shape index (κ3) is 3.78. The number of carbonyl (C=O) groups excluding carboxylic acids is 1. The Balaban J connectivity index is 1.67. The maximum absolute atomic E-state index is 12.4. The Labute approximate surface area is 157 Å². The molecule has 2 heterocycles. The van der Waals surface area contributed by atoms with Crippen molar-refractivity contribution in [2.75, 3.05) is 18.1 Å². The summed E-state index contributed by atoms with van der Waals surface area (Å²) in [4.78, 5) is 12.4. The van der Waals surface area contributed by atoms with Crippen molar-refractivity contribution in [3.8, 4) is 11.3 Å². The summed E-state index contributed by atoms with van der Waals surface area (Å²) in [6.45, 7) is 0.666. The van der Waals surface area contributed by atoms with Gasteiger partial charge in [-0.25, -0.2) is 8.42 Å². The number of sulfone groups is 1. The Morgan fingerprint density at radius 2 is 1.96 bits per heavy atom. The number of amides is 1. The molecule has 1 aliphatic carbocycles. The summed E-state index contributed by atoms with van der Waals surface area (Å²) < 4.78 is 25.5. The molecule has 138 valence electrons. The first kappa shape index (κ1) is 17.5. The molecule has 26 heavy (non-hydrogen) atoms. The van der Waals surface area contributed by atoms with Gasteiger partial charge in [-0.3, -0.25) is 9.48 Å². The average molecular weight is 394 g/mol. The van der Waals surface area contributed by atoms with Crippen LogP contribution in [0.25, 0.3) is 11.3 Å². The van der Waals surface area contributed by atoms with Gasteiger partial charge in [-0.05, 0) is 48.9 Å². The van der Waals surface area contributed by atoms with E-state index in [2.05, 4.69) is 10.4 Å². The van der Waals surface area contributed by atoms with Crippen LogP contribution in [0.1, 0.15) is 35.8 Å². The topological polar surface area (TPSA) is 81.1 Å². The minimum atomic E-state index is -3.06. The smallest absolute Gasteiger partial charge is 0.271 e. The summed E-state index contributed by atoms with van der Waals surface area (Å²) in [5.41, 5.74) is 1.91. The Bertz CT molecular complexity index is 933. The zero-order chi connectivity index (χ0) is 18.3. The Kier molecular flexibility index (Phi) is 4.52. The van der Waals surface area contributed by atoms with Crippen molar-refractivity contribution in [1.29, 1.82) is 0 Å². The van der Waals surface area contributed by atoms with E-state index in [1.54, 1.807) is 22.9 Å². The lowest BCUT2D eigenvalue weighted by Gasteiger charge is -2.13. The molecule has 4 rings (SSSR count). The van der Waals surface area contributed by atoms with Crippen molar-refractivity contribution in [3.05, 3.63) is 41.0 Å². The maximum Gasteiger partial charge on any atom is 0.271 e. The highest BCUT2D eigenvalue weighted by Gasteiger charge is 2.32. The molecule has 1 saturated heterocycles. The second-order valence-electron chi connectivity index (χ2n) is 7.08. The lowest BCUT2D eigenvalue weighted by atomic mass is 10.1. The van der Waals surface area contributed by atoms with E-state index in [0.29, 0.717) is 29.6 Å². The molecule has 0 radical (unpaired) electrons. The molecule has 2 fully saturated rings. The molecule has 1 aromatic heterocycles. The molecule has 6 nitrogen and oxygen atoms in total. The number of nitrogens with one attached hydrogen (secondary N) is 1. The van der Waals surface area contributed by atoms with Gasteiger partial charge in [0.05, 0.1) is 23.2 Å². The van der Waals surface area contributed by atoms with E-state index in [4.69, 9.17) is 11.6 Å². The van der Waals surface area contributed by atoms with E-state index in [0.717, 1.165) is 24.1 Å². The van der Waals surface area contributed by atoms with Crippen molar-refractivity contribution >= 4 is 27.3 Å². The van der Waals surface area contributed by atoms with Crippen LogP contribution >= 0.6 is 11.6 Å². The standard InChI is InChI=1S/C18H20ClN3O3S/c19-14-5-3-13(4-6-14)17-9-16(18(23)20-10-12-1-2-12)21-22(17)15-7-8-26(24,25)11-15/h3-6,9,12,15H,1-2,7-8,10-11H2,(H,20,23)/t15-/m0/s1. The molecular weight excluding hydrogens is 374 g/mol. The van der Waals surface area contributed by atoms with Crippen LogP contribution < -0.4 is 5.32 Å². The van der Waals surface area contributed by atoms with Crippen LogP contribution in [0, 0.1) is 5.92 Å². The van der Waals surface area contributed by atoms with Crippen LogP contribution in [0.3, 0.4) is 0 Å². The van der Waals surface area contributed by atoms with Gasteiger partial charge in [0, 0.05) is 11.6 Å². The molecule has 1 aliphatic heterocycles. The van der Waals surface area contributed by atoms with Gasteiger partial charge >= 0.3 is 0 Å². The predicted molar refractivity (Wildman–Crippen MR) is 100 cm³/mol. The quantitative estimate of drug-likeness (QED) is 0.846. The van der Waals surface area contributed by atoms with Gasteiger partial charge in [-0.1, -0.05) is 23.7 Å². The van der Waals surface area contributed by atoms with E-state index in [-0.39, 0.29) is 23.5 Å². The van der Waals surface area contributed by atoms with Gasteiger partial charge in [0.15, 0.2) is 15.5 Å². The Hall–Kier alpha value is -1.86. The number of carbonyl (C=O) groups is 1. The molecule has 0 bridgehead atoms. The minimum absolute atomic E-state index is 0.0540. The van der Waals surface area contributed by atoms with E-state index in [9.17, 15) is 13.2 Å². The highest BCUT2D eigenvalue weighted by Crippen LogP contribution is 2.31. The second-order valence-corrected chi connectivity index (χ2v) is 9.74. The lowest BCUT2D eigenvalue weighted by molar-refractivity contribution is 0.0945. The molecule has 1 N–H and O–H groups in total. The predicted octanol–water partition coefficient (Wildman–Crippen LogP) is 2.70. The molecule has 1 amide bonds. The normalized spacial score (nSPS) is 21.7. The summed E-state index contributed by atoms with van der Waals surface area (Å²) in [6.07, 6.45) is 2.82. The summed E-state index contributed by atoms with van der Waals surface area (Å²) in [5.74, 6) is 0.572. The number of hydrogen-bond donors (Lipinski definition) is 1. The molecule has 1 aromatic carbocycles. The van der Waals surface area contributed by atoms with Gasteiger partial charge in [-0.15, -0.1) is 0 Å². The van der Waals surface area contributed by atoms with Crippen LogP contribution in [-0.2, 0) is 9.84 Å². The van der Waals surface area contributed by atoms with Gasteiger partial charge in [0.2, 0.25) is 0 Å². The van der Waals surface area contributed by atoms with Crippen molar-refractivity contribution in [3.63, 3.8) is 0 Å². The fourth-order valence-electron chi connectivity index (χ4n) is 3.24. The highest BCUT2D eigenvalue weighted by atomic mass is 35.5. The summed E-state index contributed by atoms with van der Waals surface area (Å²) in [6, 6.07) is 8.72. The first-order chi connectivity index (χ1) is 12.4. The monoisotopic (exact) mass is 393 g/mol. The number of benzene rings is 1.